The van der Waals surface area contributed by atoms with Crippen LogP contribution < -0.4 is 5.32 Å². The second kappa shape index (κ2) is 5.09. The third kappa shape index (κ3) is 2.51. The van der Waals surface area contributed by atoms with E-state index >= 15 is 0 Å². The summed E-state index contributed by atoms with van der Waals surface area (Å²) in [6.07, 6.45) is 5.12. The molecule has 0 aromatic rings. The minimum Gasteiger partial charge on any atom is -0.313 e. The average Bonchev–Trinajstić information content (AvgIpc) is 2.40. The zero-order valence-corrected chi connectivity index (χ0v) is 10.00. The molecule has 1 saturated heterocycles. The van der Waals surface area contributed by atoms with E-state index in [1.54, 1.807) is 0 Å². The van der Waals surface area contributed by atoms with Gasteiger partial charge in [-0.2, -0.15) is 0 Å². The Morgan fingerprint density at radius 2 is 1.75 bits per heavy atom. The highest BCUT2D eigenvalue weighted by Gasteiger charge is 2.36. The van der Waals surface area contributed by atoms with E-state index in [4.69, 9.17) is 0 Å². The summed E-state index contributed by atoms with van der Waals surface area (Å²) < 4.78 is 0. The van der Waals surface area contributed by atoms with E-state index in [9.17, 15) is 9.59 Å². The van der Waals surface area contributed by atoms with Crippen molar-refractivity contribution < 1.29 is 9.59 Å². The second-order valence-electron chi connectivity index (χ2n) is 5.31. The van der Waals surface area contributed by atoms with Crippen molar-refractivity contribution in [2.24, 2.45) is 11.8 Å². The molecule has 0 radical (unpaired) electrons. The van der Waals surface area contributed by atoms with E-state index in [0.717, 1.165) is 32.2 Å². The van der Waals surface area contributed by atoms with Gasteiger partial charge in [-0.3, -0.25) is 9.59 Å². The Bertz CT molecular complexity index is 270. The Labute approximate surface area is 97.0 Å². The minimum absolute atomic E-state index is 0.113. The van der Waals surface area contributed by atoms with Crippen molar-refractivity contribution in [2.45, 2.75) is 51.5 Å². The highest BCUT2D eigenvalue weighted by Crippen LogP contribution is 2.26. The molecule has 0 aromatic heterocycles. The average molecular weight is 223 g/mol. The van der Waals surface area contributed by atoms with E-state index < -0.39 is 0 Å². The van der Waals surface area contributed by atoms with Gasteiger partial charge in [0.05, 0.1) is 5.92 Å². The van der Waals surface area contributed by atoms with Crippen LogP contribution in [0.25, 0.3) is 0 Å². The number of carbonyl (C=O) groups is 2. The minimum atomic E-state index is -0.342. The number of ketones is 2. The molecule has 2 unspecified atom stereocenters. The summed E-state index contributed by atoms with van der Waals surface area (Å²) in [7, 11) is 0. The van der Waals surface area contributed by atoms with Crippen molar-refractivity contribution in [1.82, 2.24) is 5.32 Å². The molecule has 2 aliphatic rings. The van der Waals surface area contributed by atoms with Gasteiger partial charge in [-0.1, -0.05) is 6.92 Å². The van der Waals surface area contributed by atoms with Gasteiger partial charge in [0.1, 0.15) is 11.6 Å². The molecular weight excluding hydrogens is 202 g/mol. The van der Waals surface area contributed by atoms with Crippen LogP contribution in [0.2, 0.25) is 0 Å². The third-order valence-electron chi connectivity index (χ3n) is 3.89. The zero-order valence-electron chi connectivity index (χ0n) is 10.00. The number of carbonyl (C=O) groups excluding carboxylic acids is 2. The van der Waals surface area contributed by atoms with Crippen LogP contribution in [-0.2, 0) is 9.59 Å². The van der Waals surface area contributed by atoms with Crippen molar-refractivity contribution >= 4 is 11.6 Å². The number of Topliss-reactive ketones (excluding diaryl/α,β-unsaturated/α-hetero) is 2. The monoisotopic (exact) mass is 223 g/mol. The van der Waals surface area contributed by atoms with Crippen LogP contribution in [0.1, 0.15) is 45.4 Å². The number of hydrogen-bond acceptors (Lipinski definition) is 3. The summed E-state index contributed by atoms with van der Waals surface area (Å²) in [6.45, 7) is 3.16. The first-order valence-electron chi connectivity index (χ1n) is 6.47. The predicted molar refractivity (Wildman–Crippen MR) is 62.2 cm³/mol. The van der Waals surface area contributed by atoms with Gasteiger partial charge in [0.25, 0.3) is 0 Å². The molecule has 3 heteroatoms. The fraction of sp³-hybridized carbons (Fsp3) is 0.846. The van der Waals surface area contributed by atoms with Crippen LogP contribution in [-0.4, -0.2) is 24.2 Å². The summed E-state index contributed by atoms with van der Waals surface area (Å²) in [5, 5.41) is 3.37. The van der Waals surface area contributed by atoms with E-state index in [0.29, 0.717) is 18.8 Å². The van der Waals surface area contributed by atoms with Gasteiger partial charge in [-0.25, -0.2) is 0 Å². The predicted octanol–water partition coefficient (Wildman–Crippen LogP) is 1.70. The molecule has 16 heavy (non-hydrogen) atoms. The third-order valence-corrected chi connectivity index (χ3v) is 3.89. The van der Waals surface area contributed by atoms with Crippen LogP contribution in [0, 0.1) is 11.8 Å². The number of hydrogen-bond donors (Lipinski definition) is 1. The smallest absolute Gasteiger partial charge is 0.144 e. The molecule has 0 amide bonds. The molecule has 2 rings (SSSR count). The van der Waals surface area contributed by atoms with Gasteiger partial charge >= 0.3 is 0 Å². The second-order valence-corrected chi connectivity index (χ2v) is 5.31. The van der Waals surface area contributed by atoms with Gasteiger partial charge in [0.15, 0.2) is 0 Å². The largest absolute Gasteiger partial charge is 0.313 e. The van der Waals surface area contributed by atoms with Gasteiger partial charge < -0.3 is 5.32 Å². The van der Waals surface area contributed by atoms with Crippen molar-refractivity contribution in [3.63, 3.8) is 0 Å². The molecule has 0 aromatic carbocycles. The van der Waals surface area contributed by atoms with Crippen LogP contribution in [0.5, 0.6) is 0 Å². The van der Waals surface area contributed by atoms with E-state index in [-0.39, 0.29) is 23.5 Å². The molecule has 0 bridgehead atoms. The van der Waals surface area contributed by atoms with Crippen LogP contribution in [0.4, 0.5) is 0 Å². The lowest BCUT2D eigenvalue weighted by molar-refractivity contribution is -0.133. The summed E-state index contributed by atoms with van der Waals surface area (Å²) in [5.74, 6) is 0.642. The van der Waals surface area contributed by atoms with Crippen molar-refractivity contribution in [3.05, 3.63) is 0 Å². The maximum Gasteiger partial charge on any atom is 0.144 e. The first kappa shape index (κ1) is 11.8. The maximum absolute atomic E-state index is 12.0. The molecule has 0 spiro atoms. The van der Waals surface area contributed by atoms with E-state index in [1.807, 2.05) is 0 Å². The van der Waals surface area contributed by atoms with E-state index in [2.05, 4.69) is 12.2 Å². The lowest BCUT2D eigenvalue weighted by Crippen LogP contribution is -2.48. The number of rotatable bonds is 1. The Balaban J connectivity index is 2.09. The zero-order chi connectivity index (χ0) is 11.5. The molecule has 3 nitrogen and oxygen atoms in total. The van der Waals surface area contributed by atoms with Crippen LogP contribution >= 0.6 is 0 Å². The van der Waals surface area contributed by atoms with E-state index in [1.165, 1.54) is 0 Å². The normalized spacial score (nSPS) is 33.8. The Morgan fingerprint density at radius 1 is 1.12 bits per heavy atom. The fourth-order valence-electron chi connectivity index (χ4n) is 2.94. The maximum atomic E-state index is 12.0. The molecule has 2 fully saturated rings. The van der Waals surface area contributed by atoms with Gasteiger partial charge in [0.2, 0.25) is 0 Å². The Kier molecular flexibility index (Phi) is 3.74. The first-order chi connectivity index (χ1) is 7.68. The Morgan fingerprint density at radius 3 is 2.31 bits per heavy atom. The standard InChI is InChI=1S/C13H21NO2/c1-9-6-7-14-10(8-9)13-11(15)4-2-3-5-12(13)16/h9-10,13-14H,2-8H2,1H3. The Hall–Kier alpha value is -0.700. The molecule has 1 saturated carbocycles. The highest BCUT2D eigenvalue weighted by molar-refractivity contribution is 6.03. The summed E-state index contributed by atoms with van der Waals surface area (Å²) >= 11 is 0. The summed E-state index contributed by atoms with van der Waals surface area (Å²) in [6, 6.07) is 0.113. The topological polar surface area (TPSA) is 46.2 Å². The first-order valence-corrected chi connectivity index (χ1v) is 6.47. The lowest BCUT2D eigenvalue weighted by atomic mass is 9.81. The highest BCUT2D eigenvalue weighted by atomic mass is 16.2. The SMILES string of the molecule is CC1CCNC(C2C(=O)CCCCC2=O)C1. The molecule has 1 heterocycles. The molecule has 1 aliphatic carbocycles. The molecular formula is C13H21NO2. The molecule has 90 valence electrons. The van der Waals surface area contributed by atoms with Crippen LogP contribution in [0.3, 0.4) is 0 Å². The van der Waals surface area contributed by atoms with Gasteiger partial charge in [-0.05, 0) is 38.1 Å². The molecule has 1 aliphatic heterocycles. The fourth-order valence-corrected chi connectivity index (χ4v) is 2.94. The quantitative estimate of drug-likeness (QED) is 0.543. The summed E-state index contributed by atoms with van der Waals surface area (Å²) in [4.78, 5) is 23.9. The van der Waals surface area contributed by atoms with Crippen LogP contribution in [0.15, 0.2) is 0 Å². The number of piperidine rings is 1. The van der Waals surface area contributed by atoms with Gasteiger partial charge in [0, 0.05) is 18.9 Å². The lowest BCUT2D eigenvalue weighted by Gasteiger charge is -2.32. The summed E-state index contributed by atoms with van der Waals surface area (Å²) in [5.41, 5.74) is 0. The van der Waals surface area contributed by atoms with Crippen molar-refractivity contribution in [3.8, 4) is 0 Å². The van der Waals surface area contributed by atoms with Crippen molar-refractivity contribution in [1.29, 1.82) is 0 Å². The van der Waals surface area contributed by atoms with Gasteiger partial charge in [-0.15, -0.1) is 0 Å². The molecule has 2 atom stereocenters. The van der Waals surface area contributed by atoms with Crippen molar-refractivity contribution in [2.75, 3.05) is 6.54 Å². The molecule has 1 N–H and O–H groups in total. The number of nitrogens with one attached hydrogen (secondary N) is 1.